The highest BCUT2D eigenvalue weighted by molar-refractivity contribution is 7.85. The average molecular weight is 232 g/mol. The monoisotopic (exact) mass is 232 g/mol. The molecule has 0 radical (unpaired) electrons. The van der Waals surface area contributed by atoms with Gasteiger partial charge in [-0.3, -0.25) is 0 Å². The number of hydrogen-bond donors (Lipinski definition) is 0. The van der Waals surface area contributed by atoms with Crippen molar-refractivity contribution in [3.8, 4) is 0 Å². The first-order chi connectivity index (χ1) is 6.73. The van der Waals surface area contributed by atoms with Crippen LogP contribution in [-0.2, 0) is 14.5 Å². The molecule has 0 aliphatic rings. The van der Waals surface area contributed by atoms with Crippen LogP contribution in [0.1, 0.15) is 5.56 Å². The van der Waals surface area contributed by atoms with Crippen LogP contribution in [0.3, 0.4) is 0 Å². The largest absolute Gasteiger partial charge is 0.744 e. The van der Waals surface area contributed by atoms with Crippen molar-refractivity contribution in [1.29, 1.82) is 0 Å². The maximum absolute atomic E-state index is 10.4. The molecule has 0 fully saturated rings. The molecule has 0 aromatic heterocycles. The molecule has 0 saturated heterocycles. The smallest absolute Gasteiger partial charge is 0.135 e. The molecule has 0 spiro atoms. The van der Waals surface area contributed by atoms with Gasteiger partial charge in [-0.2, -0.15) is 0 Å². The summed E-state index contributed by atoms with van der Waals surface area (Å²) in [4.78, 5) is -0.178. The van der Waals surface area contributed by atoms with Crippen molar-refractivity contribution in [2.24, 2.45) is 0 Å². The summed E-state index contributed by atoms with van der Waals surface area (Å²) in [5.74, 6) is 0. The van der Waals surface area contributed by atoms with E-state index in [0.29, 0.717) is 0 Å². The van der Waals surface area contributed by atoms with Crippen LogP contribution in [0.4, 0.5) is 0 Å². The zero-order chi connectivity index (χ0) is 12.1. The Morgan fingerprint density at radius 1 is 1.07 bits per heavy atom. The van der Waals surface area contributed by atoms with Gasteiger partial charge >= 0.3 is 0 Å². The first-order valence-electron chi connectivity index (χ1n) is 4.25. The van der Waals surface area contributed by atoms with E-state index in [2.05, 4.69) is 4.37 Å². The summed E-state index contributed by atoms with van der Waals surface area (Å²) in [6.45, 7) is 1.82. The Morgan fingerprint density at radius 3 is 1.67 bits per heavy atom. The molecule has 0 bridgehead atoms. The Kier molecular flexibility index (Phi) is 5.49. The molecule has 0 heterocycles. The van der Waals surface area contributed by atoms with Gasteiger partial charge in [0.1, 0.15) is 31.4 Å². The number of benzene rings is 1. The summed E-state index contributed by atoms with van der Waals surface area (Å²) in [6.07, 6.45) is 0. The lowest BCUT2D eigenvalue weighted by molar-refractivity contribution is -0.00282. The second-order valence-corrected chi connectivity index (χ2v) is 4.87. The second kappa shape index (κ2) is 5.85. The first-order valence-corrected chi connectivity index (χ1v) is 5.66. The summed E-state index contributed by atoms with van der Waals surface area (Å²) in [7, 11) is 1.48. The van der Waals surface area contributed by atoms with Crippen molar-refractivity contribution in [2.45, 2.75) is 11.8 Å². The van der Waals surface area contributed by atoms with E-state index in [4.69, 9.17) is 0 Å². The van der Waals surface area contributed by atoms with Gasteiger partial charge in [-0.25, -0.2) is 8.42 Å². The Balaban J connectivity index is 0.000000423. The SMILES string of the molecule is C[O+](C)C.Cc1ccc(S(=O)(=O)[O-])cc1. The van der Waals surface area contributed by atoms with Crippen LogP contribution in [0.5, 0.6) is 0 Å². The van der Waals surface area contributed by atoms with Crippen LogP contribution in [0.25, 0.3) is 0 Å². The Hall–Kier alpha value is -0.910. The van der Waals surface area contributed by atoms with Crippen molar-refractivity contribution >= 4 is 10.1 Å². The van der Waals surface area contributed by atoms with Gasteiger partial charge in [-0.15, -0.1) is 0 Å². The molecule has 15 heavy (non-hydrogen) atoms. The maximum atomic E-state index is 10.4. The minimum absolute atomic E-state index is 0.178. The van der Waals surface area contributed by atoms with Gasteiger partial charge in [0.2, 0.25) is 0 Å². The summed E-state index contributed by atoms with van der Waals surface area (Å²) < 4.78 is 33.7. The van der Waals surface area contributed by atoms with Crippen LogP contribution >= 0.6 is 0 Å². The molecule has 0 aliphatic heterocycles. The summed E-state index contributed by atoms with van der Waals surface area (Å²) >= 11 is 0. The predicted molar refractivity (Wildman–Crippen MR) is 58.0 cm³/mol. The van der Waals surface area contributed by atoms with E-state index in [1.807, 2.05) is 28.3 Å². The van der Waals surface area contributed by atoms with E-state index in [1.54, 1.807) is 12.1 Å². The van der Waals surface area contributed by atoms with Gasteiger partial charge in [-0.05, 0) is 19.1 Å². The molecule has 0 unspecified atom stereocenters. The molecule has 1 aromatic rings. The highest BCUT2D eigenvalue weighted by Gasteiger charge is 1.97. The lowest BCUT2D eigenvalue weighted by Gasteiger charge is -2.05. The second-order valence-electron chi connectivity index (χ2n) is 3.49. The van der Waals surface area contributed by atoms with E-state index in [9.17, 15) is 13.0 Å². The number of rotatable bonds is 1. The van der Waals surface area contributed by atoms with Crippen LogP contribution in [0, 0.1) is 6.92 Å². The molecule has 0 saturated carbocycles. The number of aryl methyl sites for hydroxylation is 1. The fraction of sp³-hybridized carbons (Fsp3) is 0.400. The van der Waals surface area contributed by atoms with Crippen LogP contribution in [0.15, 0.2) is 29.2 Å². The molecule has 1 rings (SSSR count). The quantitative estimate of drug-likeness (QED) is 0.542. The minimum atomic E-state index is -4.27. The van der Waals surface area contributed by atoms with Gasteiger partial charge in [0.15, 0.2) is 0 Å². The van der Waals surface area contributed by atoms with E-state index in [1.165, 1.54) is 12.1 Å². The van der Waals surface area contributed by atoms with Gasteiger partial charge in [-0.1, -0.05) is 17.7 Å². The fourth-order valence-corrected chi connectivity index (χ4v) is 1.17. The van der Waals surface area contributed by atoms with Crippen molar-refractivity contribution in [2.75, 3.05) is 21.3 Å². The van der Waals surface area contributed by atoms with Crippen molar-refractivity contribution in [3.05, 3.63) is 29.8 Å². The average Bonchev–Trinajstić information content (AvgIpc) is 2.01. The Bertz CT molecular complexity index is 376. The van der Waals surface area contributed by atoms with Gasteiger partial charge < -0.3 is 8.92 Å². The third-order valence-electron chi connectivity index (χ3n) is 1.31. The van der Waals surface area contributed by atoms with E-state index >= 15 is 0 Å². The maximum Gasteiger partial charge on any atom is 0.135 e. The van der Waals surface area contributed by atoms with Crippen LogP contribution in [0.2, 0.25) is 0 Å². The highest BCUT2D eigenvalue weighted by Crippen LogP contribution is 2.08. The zero-order valence-corrected chi connectivity index (χ0v) is 10.2. The first kappa shape index (κ1) is 14.1. The summed E-state index contributed by atoms with van der Waals surface area (Å²) in [5, 5.41) is 0. The van der Waals surface area contributed by atoms with Crippen LogP contribution < -0.4 is 0 Å². The van der Waals surface area contributed by atoms with Gasteiger partial charge in [0.05, 0.1) is 4.90 Å². The Labute approximate surface area is 91.0 Å². The molecule has 0 N–H and O–H groups in total. The summed E-state index contributed by atoms with van der Waals surface area (Å²) in [6, 6.07) is 5.78. The normalized spacial score (nSPS) is 10.8. The van der Waals surface area contributed by atoms with Crippen LogP contribution in [-0.4, -0.2) is 34.3 Å². The highest BCUT2D eigenvalue weighted by atomic mass is 32.2. The van der Waals surface area contributed by atoms with Gasteiger partial charge in [0, 0.05) is 0 Å². The summed E-state index contributed by atoms with van der Waals surface area (Å²) in [5.41, 5.74) is 0.928. The molecule has 0 amide bonds. The van der Waals surface area contributed by atoms with Gasteiger partial charge in [0.25, 0.3) is 0 Å². The number of hydrogen-bond acceptors (Lipinski definition) is 3. The molecule has 5 heteroatoms. The van der Waals surface area contributed by atoms with Crippen molar-refractivity contribution in [3.63, 3.8) is 0 Å². The molecule has 0 atom stereocenters. The van der Waals surface area contributed by atoms with E-state index in [-0.39, 0.29) is 4.90 Å². The minimum Gasteiger partial charge on any atom is -0.744 e. The topological polar surface area (TPSA) is 59.9 Å². The lowest BCUT2D eigenvalue weighted by Crippen LogP contribution is -1.97. The molecule has 86 valence electrons. The standard InChI is InChI=1S/C7H8O3S.C3H9O/c1-6-2-4-7(5-3-6)11(8,9)10;1-4(2)3/h2-5H,1H3,(H,8,9,10);1-3H3/q;+1/p-1. The molecule has 1 aromatic carbocycles. The Morgan fingerprint density at radius 2 is 1.40 bits per heavy atom. The van der Waals surface area contributed by atoms with E-state index < -0.39 is 10.1 Å². The van der Waals surface area contributed by atoms with E-state index in [0.717, 1.165) is 5.56 Å². The molecule has 4 nitrogen and oxygen atoms in total. The zero-order valence-electron chi connectivity index (χ0n) is 9.35. The predicted octanol–water partition coefficient (Wildman–Crippen LogP) is 1.33. The molecular weight excluding hydrogens is 216 g/mol. The third-order valence-corrected chi connectivity index (χ3v) is 2.16. The van der Waals surface area contributed by atoms with Crippen molar-refractivity contribution in [1.82, 2.24) is 0 Å². The molecular formula is C10H16O4S. The fourth-order valence-electron chi connectivity index (χ4n) is 0.705. The van der Waals surface area contributed by atoms with Crippen molar-refractivity contribution < 1.29 is 17.3 Å². The molecule has 0 aliphatic carbocycles. The lowest BCUT2D eigenvalue weighted by atomic mass is 10.2. The third kappa shape index (κ3) is 7.07.